The molecule has 0 saturated carbocycles. The number of carbonyl (C=O) groups is 1. The molecule has 1 N–H and O–H groups in total. The van der Waals surface area contributed by atoms with E-state index < -0.39 is 0 Å². The Morgan fingerprint density at radius 1 is 1.11 bits per heavy atom. The smallest absolute Gasteiger partial charge is 0.321 e. The first-order valence-corrected chi connectivity index (χ1v) is 10.1. The van der Waals surface area contributed by atoms with Crippen molar-refractivity contribution in [2.24, 2.45) is 5.92 Å². The van der Waals surface area contributed by atoms with Crippen molar-refractivity contribution >= 4 is 11.7 Å². The summed E-state index contributed by atoms with van der Waals surface area (Å²) in [5.41, 5.74) is 5.01. The third kappa shape index (κ3) is 4.51. The van der Waals surface area contributed by atoms with Crippen LogP contribution in [0.4, 0.5) is 10.5 Å². The Morgan fingerprint density at radius 3 is 2.81 bits per heavy atom. The SMILES string of the molecule is Cc1cccc(NC(=O)N2CCC[C@@H](CN3CCc4ccccc4C3)C2)c1. The highest BCUT2D eigenvalue weighted by Crippen LogP contribution is 2.23. The molecule has 2 heterocycles. The maximum Gasteiger partial charge on any atom is 0.321 e. The molecule has 0 spiro atoms. The number of fused-ring (bicyclic) bond motifs is 1. The molecular weight excluding hydrogens is 334 g/mol. The van der Waals surface area contributed by atoms with Gasteiger partial charge in [0.05, 0.1) is 0 Å². The monoisotopic (exact) mass is 363 g/mol. The molecule has 2 amide bonds. The third-order valence-corrected chi connectivity index (χ3v) is 5.80. The zero-order valence-corrected chi connectivity index (χ0v) is 16.2. The molecule has 142 valence electrons. The van der Waals surface area contributed by atoms with Crippen LogP contribution in [0.2, 0.25) is 0 Å². The van der Waals surface area contributed by atoms with Gasteiger partial charge in [-0.05, 0) is 60.9 Å². The Bertz CT molecular complexity index is 804. The van der Waals surface area contributed by atoms with Crippen LogP contribution in [0.25, 0.3) is 0 Å². The molecule has 1 fully saturated rings. The molecule has 1 atom stereocenters. The van der Waals surface area contributed by atoms with Crippen molar-refractivity contribution in [3.63, 3.8) is 0 Å². The summed E-state index contributed by atoms with van der Waals surface area (Å²) >= 11 is 0. The number of benzene rings is 2. The van der Waals surface area contributed by atoms with Crippen molar-refractivity contribution in [1.29, 1.82) is 0 Å². The van der Waals surface area contributed by atoms with Crippen molar-refractivity contribution in [3.8, 4) is 0 Å². The van der Waals surface area contributed by atoms with Gasteiger partial charge in [0.15, 0.2) is 0 Å². The fourth-order valence-electron chi connectivity index (χ4n) is 4.40. The van der Waals surface area contributed by atoms with Gasteiger partial charge in [0.25, 0.3) is 0 Å². The number of likely N-dealkylation sites (tertiary alicyclic amines) is 1. The quantitative estimate of drug-likeness (QED) is 0.883. The first-order chi connectivity index (χ1) is 13.2. The maximum absolute atomic E-state index is 12.7. The number of hydrogen-bond acceptors (Lipinski definition) is 2. The summed E-state index contributed by atoms with van der Waals surface area (Å²) in [4.78, 5) is 17.2. The van der Waals surface area contributed by atoms with Crippen LogP contribution in [0.3, 0.4) is 0 Å². The number of hydrogen-bond donors (Lipinski definition) is 1. The number of amides is 2. The summed E-state index contributed by atoms with van der Waals surface area (Å²) in [5, 5.41) is 3.06. The van der Waals surface area contributed by atoms with Gasteiger partial charge in [0.1, 0.15) is 0 Å². The van der Waals surface area contributed by atoms with Crippen molar-refractivity contribution in [3.05, 3.63) is 65.2 Å². The van der Waals surface area contributed by atoms with Crippen LogP contribution in [0.5, 0.6) is 0 Å². The molecule has 1 saturated heterocycles. The summed E-state index contributed by atoms with van der Waals surface area (Å²) < 4.78 is 0. The van der Waals surface area contributed by atoms with Crippen LogP contribution in [0, 0.1) is 12.8 Å². The van der Waals surface area contributed by atoms with Gasteiger partial charge in [0.2, 0.25) is 0 Å². The minimum absolute atomic E-state index is 0.0364. The Kier molecular flexibility index (Phi) is 5.44. The summed E-state index contributed by atoms with van der Waals surface area (Å²) in [6, 6.07) is 16.8. The van der Waals surface area contributed by atoms with E-state index in [0.29, 0.717) is 5.92 Å². The Hall–Kier alpha value is -2.33. The van der Waals surface area contributed by atoms with E-state index in [1.807, 2.05) is 36.1 Å². The average Bonchev–Trinajstić information content (AvgIpc) is 2.68. The summed E-state index contributed by atoms with van der Waals surface area (Å²) in [6.45, 7) is 7.02. The second-order valence-electron chi connectivity index (χ2n) is 8.01. The molecule has 0 radical (unpaired) electrons. The van der Waals surface area contributed by atoms with Crippen molar-refractivity contribution in [2.45, 2.75) is 32.7 Å². The zero-order valence-electron chi connectivity index (χ0n) is 16.2. The molecule has 4 heteroatoms. The number of piperidine rings is 1. The van der Waals surface area contributed by atoms with Gasteiger partial charge in [-0.1, -0.05) is 36.4 Å². The molecule has 27 heavy (non-hydrogen) atoms. The lowest BCUT2D eigenvalue weighted by Crippen LogP contribution is -2.46. The predicted octanol–water partition coefficient (Wildman–Crippen LogP) is 4.30. The van der Waals surface area contributed by atoms with Crippen LogP contribution in [-0.4, -0.2) is 42.0 Å². The topological polar surface area (TPSA) is 35.6 Å². The molecule has 0 bridgehead atoms. The molecule has 2 aromatic rings. The van der Waals surface area contributed by atoms with E-state index >= 15 is 0 Å². The van der Waals surface area contributed by atoms with Crippen LogP contribution in [-0.2, 0) is 13.0 Å². The lowest BCUT2D eigenvalue weighted by Gasteiger charge is -2.37. The Labute approximate surface area is 162 Å². The molecule has 2 aromatic carbocycles. The largest absolute Gasteiger partial charge is 0.324 e. The van der Waals surface area contributed by atoms with E-state index in [1.54, 1.807) is 0 Å². The zero-order chi connectivity index (χ0) is 18.6. The number of rotatable bonds is 3. The minimum atomic E-state index is 0.0364. The van der Waals surface area contributed by atoms with Crippen molar-refractivity contribution in [1.82, 2.24) is 9.80 Å². The number of carbonyl (C=O) groups excluding carboxylic acids is 1. The Morgan fingerprint density at radius 2 is 1.96 bits per heavy atom. The first kappa shape index (κ1) is 18.1. The van der Waals surface area contributed by atoms with Gasteiger partial charge in [-0.15, -0.1) is 0 Å². The van der Waals surface area contributed by atoms with Crippen LogP contribution in [0.15, 0.2) is 48.5 Å². The average molecular weight is 364 g/mol. The second-order valence-corrected chi connectivity index (χ2v) is 8.01. The number of nitrogens with zero attached hydrogens (tertiary/aromatic N) is 2. The highest BCUT2D eigenvalue weighted by molar-refractivity contribution is 5.89. The van der Waals surface area contributed by atoms with Crippen molar-refractivity contribution in [2.75, 3.05) is 31.5 Å². The number of urea groups is 1. The highest BCUT2D eigenvalue weighted by Gasteiger charge is 2.26. The summed E-state index contributed by atoms with van der Waals surface area (Å²) in [7, 11) is 0. The lowest BCUT2D eigenvalue weighted by atomic mass is 9.95. The first-order valence-electron chi connectivity index (χ1n) is 10.1. The van der Waals surface area contributed by atoms with Gasteiger partial charge in [-0.3, -0.25) is 4.90 Å². The molecule has 2 aliphatic heterocycles. The second kappa shape index (κ2) is 8.13. The standard InChI is InChI=1S/C23H29N3O/c1-18-6-4-10-22(14-18)24-23(27)26-12-5-7-19(16-26)15-25-13-11-20-8-2-3-9-21(20)17-25/h2-4,6,8-10,14,19H,5,7,11-13,15-17H2,1H3,(H,24,27)/t19-/m0/s1. The lowest BCUT2D eigenvalue weighted by molar-refractivity contribution is 0.140. The van der Waals surface area contributed by atoms with E-state index in [9.17, 15) is 4.79 Å². The molecule has 0 aliphatic carbocycles. The number of anilines is 1. The molecule has 4 rings (SSSR count). The van der Waals surface area contributed by atoms with Gasteiger partial charge in [-0.2, -0.15) is 0 Å². The van der Waals surface area contributed by atoms with Gasteiger partial charge in [-0.25, -0.2) is 4.79 Å². The van der Waals surface area contributed by atoms with E-state index in [2.05, 4.69) is 34.5 Å². The van der Waals surface area contributed by atoms with E-state index in [-0.39, 0.29) is 6.03 Å². The van der Waals surface area contributed by atoms with Gasteiger partial charge < -0.3 is 10.2 Å². The van der Waals surface area contributed by atoms with Crippen LogP contribution < -0.4 is 5.32 Å². The minimum Gasteiger partial charge on any atom is -0.324 e. The Balaban J connectivity index is 1.32. The summed E-state index contributed by atoms with van der Waals surface area (Å²) in [6.07, 6.45) is 3.45. The maximum atomic E-state index is 12.7. The number of nitrogens with one attached hydrogen (secondary N) is 1. The fourth-order valence-corrected chi connectivity index (χ4v) is 4.40. The van der Waals surface area contributed by atoms with Crippen molar-refractivity contribution < 1.29 is 4.79 Å². The normalized spacial score (nSPS) is 20.2. The van der Waals surface area contributed by atoms with Gasteiger partial charge >= 0.3 is 6.03 Å². The van der Waals surface area contributed by atoms with Crippen LogP contribution >= 0.6 is 0 Å². The van der Waals surface area contributed by atoms with E-state index in [0.717, 1.165) is 56.8 Å². The third-order valence-electron chi connectivity index (χ3n) is 5.80. The van der Waals surface area contributed by atoms with E-state index in [1.165, 1.54) is 17.5 Å². The predicted molar refractivity (Wildman–Crippen MR) is 110 cm³/mol. The van der Waals surface area contributed by atoms with Gasteiger partial charge in [0, 0.05) is 38.4 Å². The summed E-state index contributed by atoms with van der Waals surface area (Å²) in [5.74, 6) is 0.562. The van der Waals surface area contributed by atoms with E-state index in [4.69, 9.17) is 0 Å². The highest BCUT2D eigenvalue weighted by atomic mass is 16.2. The van der Waals surface area contributed by atoms with Crippen LogP contribution in [0.1, 0.15) is 29.5 Å². The molecule has 4 nitrogen and oxygen atoms in total. The molecular formula is C23H29N3O. The molecule has 2 aliphatic rings. The molecule has 0 aromatic heterocycles. The molecule has 0 unspecified atom stereocenters. The number of aryl methyl sites for hydroxylation is 1. The fraction of sp³-hybridized carbons (Fsp3) is 0.435.